The quantitative estimate of drug-likeness (QED) is 0.301. The van der Waals surface area contributed by atoms with Gasteiger partial charge in [-0.3, -0.25) is 4.98 Å². The highest BCUT2D eigenvalue weighted by Crippen LogP contribution is 2.35. The molecule has 4 heteroatoms. The molecule has 0 aliphatic carbocycles. The maximum atomic E-state index is 5.40. The van der Waals surface area contributed by atoms with E-state index in [1.807, 2.05) is 42.6 Å². The second-order valence-corrected chi connectivity index (χ2v) is 7.92. The summed E-state index contributed by atoms with van der Waals surface area (Å²) in [7, 11) is 3.34. The molecule has 33 heavy (non-hydrogen) atoms. The number of rotatable bonds is 5. The van der Waals surface area contributed by atoms with E-state index < -0.39 is 0 Å². The fourth-order valence-electron chi connectivity index (χ4n) is 4.05. The lowest BCUT2D eigenvalue weighted by Gasteiger charge is -2.14. The number of fused-ring (bicyclic) bond motifs is 1. The third-order valence-electron chi connectivity index (χ3n) is 5.87. The third kappa shape index (κ3) is 4.03. The Bertz CT molecular complexity index is 1440. The van der Waals surface area contributed by atoms with Crippen molar-refractivity contribution in [1.82, 2.24) is 9.97 Å². The van der Waals surface area contributed by atoms with Crippen molar-refractivity contribution >= 4 is 10.8 Å². The van der Waals surface area contributed by atoms with Gasteiger partial charge >= 0.3 is 0 Å². The van der Waals surface area contributed by atoms with E-state index in [2.05, 4.69) is 55.5 Å². The average molecular weight is 433 g/mol. The van der Waals surface area contributed by atoms with Crippen LogP contribution < -0.4 is 9.47 Å². The van der Waals surface area contributed by atoms with Crippen LogP contribution in [0.2, 0.25) is 0 Å². The molecule has 5 aromatic rings. The van der Waals surface area contributed by atoms with E-state index in [1.165, 1.54) is 10.8 Å². The molecule has 0 saturated carbocycles. The van der Waals surface area contributed by atoms with Crippen molar-refractivity contribution in [3.8, 4) is 45.3 Å². The van der Waals surface area contributed by atoms with E-state index >= 15 is 0 Å². The highest BCUT2D eigenvalue weighted by atomic mass is 16.5. The minimum absolute atomic E-state index is 0.812. The molecule has 0 N–H and O–H groups in total. The molecular formula is C29H24N2O2. The van der Waals surface area contributed by atoms with Gasteiger partial charge < -0.3 is 9.47 Å². The first-order valence-electron chi connectivity index (χ1n) is 10.8. The molecule has 0 atom stereocenters. The molecule has 0 fully saturated rings. The lowest BCUT2D eigenvalue weighted by atomic mass is 9.98. The highest BCUT2D eigenvalue weighted by molar-refractivity contribution is 5.90. The van der Waals surface area contributed by atoms with Crippen molar-refractivity contribution in [3.63, 3.8) is 0 Å². The summed E-state index contributed by atoms with van der Waals surface area (Å²) in [4.78, 5) is 10.0. The fraction of sp³-hybridized carbons (Fsp3) is 0.103. The Morgan fingerprint density at radius 3 is 2.06 bits per heavy atom. The second kappa shape index (κ2) is 8.75. The number of hydrogen-bond acceptors (Lipinski definition) is 4. The molecular weight excluding hydrogens is 408 g/mol. The lowest BCUT2D eigenvalue weighted by Crippen LogP contribution is -1.98. The zero-order valence-corrected chi connectivity index (χ0v) is 18.9. The van der Waals surface area contributed by atoms with E-state index in [-0.39, 0.29) is 0 Å². The Balaban J connectivity index is 1.71. The second-order valence-electron chi connectivity index (χ2n) is 7.92. The van der Waals surface area contributed by atoms with Gasteiger partial charge in [0.25, 0.3) is 0 Å². The smallest absolute Gasteiger partial charge is 0.119 e. The largest absolute Gasteiger partial charge is 0.497 e. The monoisotopic (exact) mass is 432 g/mol. The summed E-state index contributed by atoms with van der Waals surface area (Å²) >= 11 is 0. The SMILES string of the molecule is COc1ccc(-c2cnc(-c3ccc(OC)cc3C)c(-c3ccc4ccccc4c3)n2)cc1. The number of nitrogens with zero attached hydrogens (tertiary/aromatic N) is 2. The Morgan fingerprint density at radius 2 is 1.33 bits per heavy atom. The molecule has 5 rings (SSSR count). The molecule has 0 radical (unpaired) electrons. The lowest BCUT2D eigenvalue weighted by molar-refractivity contribution is 0.414. The molecule has 0 aliphatic heterocycles. The first-order chi connectivity index (χ1) is 16.2. The van der Waals surface area contributed by atoms with Gasteiger partial charge in [0.15, 0.2) is 0 Å². The van der Waals surface area contributed by atoms with Gasteiger partial charge in [-0.1, -0.05) is 36.4 Å². The summed E-state index contributed by atoms with van der Waals surface area (Å²) in [6.45, 7) is 2.07. The summed E-state index contributed by atoms with van der Waals surface area (Å²) < 4.78 is 10.7. The maximum absolute atomic E-state index is 5.40. The molecule has 0 unspecified atom stereocenters. The minimum Gasteiger partial charge on any atom is -0.497 e. The average Bonchev–Trinajstić information content (AvgIpc) is 2.88. The van der Waals surface area contributed by atoms with Gasteiger partial charge in [-0.2, -0.15) is 0 Å². The highest BCUT2D eigenvalue weighted by Gasteiger charge is 2.16. The topological polar surface area (TPSA) is 44.2 Å². The number of hydrogen-bond donors (Lipinski definition) is 0. The number of ether oxygens (including phenoxy) is 2. The van der Waals surface area contributed by atoms with Crippen molar-refractivity contribution in [2.45, 2.75) is 6.92 Å². The van der Waals surface area contributed by atoms with E-state index in [9.17, 15) is 0 Å². The summed E-state index contributed by atoms with van der Waals surface area (Å²) in [5, 5.41) is 2.37. The molecule has 0 aliphatic rings. The Hall–Kier alpha value is -4.18. The van der Waals surface area contributed by atoms with Crippen LogP contribution in [0.15, 0.2) is 91.1 Å². The predicted molar refractivity (Wildman–Crippen MR) is 134 cm³/mol. The minimum atomic E-state index is 0.812. The van der Waals surface area contributed by atoms with Crippen LogP contribution in [0.3, 0.4) is 0 Å². The van der Waals surface area contributed by atoms with Crippen molar-refractivity contribution < 1.29 is 9.47 Å². The number of aromatic nitrogens is 2. The van der Waals surface area contributed by atoms with Gasteiger partial charge in [-0.05, 0) is 71.8 Å². The van der Waals surface area contributed by atoms with Crippen LogP contribution in [-0.4, -0.2) is 24.2 Å². The fourth-order valence-corrected chi connectivity index (χ4v) is 4.05. The van der Waals surface area contributed by atoms with Gasteiger partial charge in [0, 0.05) is 16.7 Å². The molecule has 1 aromatic heterocycles. The normalized spacial score (nSPS) is 10.9. The van der Waals surface area contributed by atoms with Crippen LogP contribution in [0.25, 0.3) is 44.5 Å². The molecule has 4 aromatic carbocycles. The first kappa shape index (κ1) is 20.7. The maximum Gasteiger partial charge on any atom is 0.119 e. The van der Waals surface area contributed by atoms with Crippen LogP contribution in [0.5, 0.6) is 11.5 Å². The van der Waals surface area contributed by atoms with E-state index in [0.717, 1.165) is 50.8 Å². The summed E-state index contributed by atoms with van der Waals surface area (Å²) in [5.41, 5.74) is 6.65. The van der Waals surface area contributed by atoms with Crippen LogP contribution in [0.4, 0.5) is 0 Å². The molecule has 0 spiro atoms. The number of methoxy groups -OCH3 is 2. The molecule has 4 nitrogen and oxygen atoms in total. The zero-order valence-electron chi connectivity index (χ0n) is 18.9. The molecule has 1 heterocycles. The van der Waals surface area contributed by atoms with Gasteiger partial charge in [0.05, 0.1) is 37.5 Å². The van der Waals surface area contributed by atoms with Crippen molar-refractivity contribution in [1.29, 1.82) is 0 Å². The van der Waals surface area contributed by atoms with Gasteiger partial charge in [-0.15, -0.1) is 0 Å². The Kier molecular flexibility index (Phi) is 5.49. The van der Waals surface area contributed by atoms with Gasteiger partial charge in [0.2, 0.25) is 0 Å². The Labute approximate surface area is 193 Å². The predicted octanol–water partition coefficient (Wildman–Crippen LogP) is 6.96. The van der Waals surface area contributed by atoms with Gasteiger partial charge in [-0.25, -0.2) is 4.98 Å². The van der Waals surface area contributed by atoms with Gasteiger partial charge in [0.1, 0.15) is 11.5 Å². The van der Waals surface area contributed by atoms with E-state index in [0.29, 0.717) is 0 Å². The van der Waals surface area contributed by atoms with Crippen LogP contribution in [0.1, 0.15) is 5.56 Å². The Morgan fingerprint density at radius 1 is 0.636 bits per heavy atom. The zero-order chi connectivity index (χ0) is 22.8. The molecule has 0 bridgehead atoms. The standard InChI is InChI=1S/C29H24N2O2/c1-19-16-25(33-3)14-15-26(19)29-28(23-9-8-20-6-4-5-7-22(20)17-23)31-27(18-30-29)21-10-12-24(32-2)13-11-21/h4-18H,1-3H3. The molecule has 0 saturated heterocycles. The van der Waals surface area contributed by atoms with Crippen molar-refractivity contribution in [2.75, 3.05) is 14.2 Å². The van der Waals surface area contributed by atoms with E-state index in [4.69, 9.17) is 19.4 Å². The molecule has 162 valence electrons. The summed E-state index contributed by atoms with van der Waals surface area (Å²) in [5.74, 6) is 1.64. The summed E-state index contributed by atoms with van der Waals surface area (Å²) in [6.07, 6.45) is 1.84. The van der Waals surface area contributed by atoms with Crippen molar-refractivity contribution in [2.24, 2.45) is 0 Å². The first-order valence-corrected chi connectivity index (χ1v) is 10.8. The molecule has 0 amide bonds. The number of benzene rings is 4. The number of aryl methyl sites for hydroxylation is 1. The van der Waals surface area contributed by atoms with Crippen molar-refractivity contribution in [3.05, 3.63) is 96.7 Å². The van der Waals surface area contributed by atoms with Crippen LogP contribution in [0, 0.1) is 6.92 Å². The third-order valence-corrected chi connectivity index (χ3v) is 5.87. The summed E-state index contributed by atoms with van der Waals surface area (Å²) in [6, 6.07) is 28.7. The van der Waals surface area contributed by atoms with E-state index in [1.54, 1.807) is 14.2 Å². The van der Waals surface area contributed by atoms with Crippen LogP contribution in [-0.2, 0) is 0 Å². The van der Waals surface area contributed by atoms with Crippen LogP contribution >= 0.6 is 0 Å².